The third kappa shape index (κ3) is 4.84. The van der Waals surface area contributed by atoms with Crippen LogP contribution in [0, 0.1) is 0 Å². The van der Waals surface area contributed by atoms with Gasteiger partial charge in [0.1, 0.15) is 5.75 Å². The maximum absolute atomic E-state index is 5.65. The van der Waals surface area contributed by atoms with Crippen molar-refractivity contribution in [1.82, 2.24) is 5.32 Å². The average molecular weight is 265 g/mol. The molecule has 108 valence electrons. The molecule has 1 N–H and O–H groups in total. The van der Waals surface area contributed by atoms with Crippen LogP contribution in [0.2, 0.25) is 0 Å². The summed E-state index contributed by atoms with van der Waals surface area (Å²) in [7, 11) is 3.52. The monoisotopic (exact) mass is 265 g/mol. The summed E-state index contributed by atoms with van der Waals surface area (Å²) in [5.41, 5.74) is 1.23. The molecule has 0 radical (unpaired) electrons. The lowest BCUT2D eigenvalue weighted by Gasteiger charge is -2.27. The van der Waals surface area contributed by atoms with Crippen molar-refractivity contribution in [3.05, 3.63) is 29.8 Å². The second-order valence-electron chi connectivity index (χ2n) is 4.74. The number of para-hydroxylation sites is 1. The fourth-order valence-electron chi connectivity index (χ4n) is 2.47. The Hall–Kier alpha value is -1.06. The Morgan fingerprint density at radius 1 is 1.16 bits per heavy atom. The molecule has 0 bridgehead atoms. The van der Waals surface area contributed by atoms with Gasteiger partial charge in [-0.1, -0.05) is 38.5 Å². The third-order valence-electron chi connectivity index (χ3n) is 3.42. The van der Waals surface area contributed by atoms with E-state index in [1.807, 2.05) is 12.1 Å². The molecule has 2 unspecified atom stereocenters. The van der Waals surface area contributed by atoms with Gasteiger partial charge < -0.3 is 14.8 Å². The molecule has 0 spiro atoms. The summed E-state index contributed by atoms with van der Waals surface area (Å²) in [5, 5.41) is 3.54. The molecular weight excluding hydrogens is 238 g/mol. The van der Waals surface area contributed by atoms with Gasteiger partial charge in [0.05, 0.1) is 13.2 Å². The zero-order valence-corrected chi connectivity index (χ0v) is 12.6. The second-order valence-corrected chi connectivity index (χ2v) is 4.74. The maximum atomic E-state index is 5.65. The summed E-state index contributed by atoms with van der Waals surface area (Å²) < 4.78 is 11.1. The van der Waals surface area contributed by atoms with Crippen molar-refractivity contribution in [3.63, 3.8) is 0 Å². The summed E-state index contributed by atoms with van der Waals surface area (Å²) in [5.74, 6) is 0.955. The summed E-state index contributed by atoms with van der Waals surface area (Å²) in [4.78, 5) is 0. The highest BCUT2D eigenvalue weighted by molar-refractivity contribution is 5.34. The molecule has 0 aliphatic carbocycles. The van der Waals surface area contributed by atoms with Crippen LogP contribution < -0.4 is 10.1 Å². The molecule has 0 saturated heterocycles. The first-order chi connectivity index (χ1) is 9.26. The number of benzene rings is 1. The first kappa shape index (κ1) is 16.0. The van der Waals surface area contributed by atoms with Crippen LogP contribution in [0.15, 0.2) is 24.3 Å². The second kappa shape index (κ2) is 8.94. The minimum Gasteiger partial charge on any atom is -0.496 e. The Balaban J connectivity index is 2.81. The van der Waals surface area contributed by atoms with Crippen molar-refractivity contribution in [1.29, 1.82) is 0 Å². The zero-order valence-electron chi connectivity index (χ0n) is 12.6. The fraction of sp³-hybridized carbons (Fsp3) is 0.625. The van der Waals surface area contributed by atoms with Crippen LogP contribution in [0.1, 0.15) is 32.3 Å². The van der Waals surface area contributed by atoms with Gasteiger partial charge in [-0.05, 0) is 31.0 Å². The van der Waals surface area contributed by atoms with Gasteiger partial charge in [-0.3, -0.25) is 0 Å². The number of likely N-dealkylation sites (N-methyl/N-ethyl adjacent to an activating group) is 1. The van der Waals surface area contributed by atoms with Gasteiger partial charge in [-0.25, -0.2) is 0 Å². The molecule has 0 aliphatic rings. The van der Waals surface area contributed by atoms with Crippen molar-refractivity contribution >= 4 is 0 Å². The van der Waals surface area contributed by atoms with E-state index in [1.54, 1.807) is 14.2 Å². The van der Waals surface area contributed by atoms with Gasteiger partial charge in [0.2, 0.25) is 0 Å². The van der Waals surface area contributed by atoms with Crippen molar-refractivity contribution < 1.29 is 9.47 Å². The molecule has 0 saturated carbocycles. The van der Waals surface area contributed by atoms with Gasteiger partial charge in [0.25, 0.3) is 0 Å². The average Bonchev–Trinajstić information content (AvgIpc) is 2.45. The molecule has 1 aromatic rings. The highest BCUT2D eigenvalue weighted by atomic mass is 16.5. The van der Waals surface area contributed by atoms with Crippen LogP contribution in [0.5, 0.6) is 5.75 Å². The molecule has 0 fully saturated rings. The molecule has 3 heteroatoms. The van der Waals surface area contributed by atoms with E-state index in [1.165, 1.54) is 5.56 Å². The Bertz CT molecular complexity index is 354. The molecule has 2 atom stereocenters. The van der Waals surface area contributed by atoms with E-state index in [0.29, 0.717) is 6.04 Å². The van der Waals surface area contributed by atoms with Crippen molar-refractivity contribution in [2.24, 2.45) is 0 Å². The van der Waals surface area contributed by atoms with Crippen molar-refractivity contribution in [3.8, 4) is 5.75 Å². The predicted molar refractivity (Wildman–Crippen MR) is 79.9 cm³/mol. The van der Waals surface area contributed by atoms with Gasteiger partial charge in [-0.2, -0.15) is 0 Å². The van der Waals surface area contributed by atoms with Gasteiger partial charge in [0.15, 0.2) is 0 Å². The Morgan fingerprint density at radius 3 is 2.47 bits per heavy atom. The number of rotatable bonds is 9. The minimum atomic E-state index is 0.245. The number of ether oxygens (including phenoxy) is 2. The highest BCUT2D eigenvalue weighted by Gasteiger charge is 2.21. The lowest BCUT2D eigenvalue weighted by molar-refractivity contribution is 0.0612. The number of hydrogen-bond donors (Lipinski definition) is 1. The molecule has 0 aliphatic heterocycles. The topological polar surface area (TPSA) is 30.5 Å². The molecule has 0 aromatic heterocycles. The van der Waals surface area contributed by atoms with Crippen molar-refractivity contribution in [2.45, 2.75) is 45.3 Å². The number of hydrogen-bond acceptors (Lipinski definition) is 3. The fourth-order valence-corrected chi connectivity index (χ4v) is 2.47. The summed E-state index contributed by atoms with van der Waals surface area (Å²) in [6, 6.07) is 8.53. The third-order valence-corrected chi connectivity index (χ3v) is 3.42. The van der Waals surface area contributed by atoms with E-state index < -0.39 is 0 Å². The van der Waals surface area contributed by atoms with E-state index in [4.69, 9.17) is 9.47 Å². The van der Waals surface area contributed by atoms with E-state index in [-0.39, 0.29) is 6.10 Å². The van der Waals surface area contributed by atoms with E-state index in [9.17, 15) is 0 Å². The van der Waals surface area contributed by atoms with Gasteiger partial charge in [0, 0.05) is 13.2 Å². The Labute approximate surface area is 117 Å². The highest BCUT2D eigenvalue weighted by Crippen LogP contribution is 2.21. The Morgan fingerprint density at radius 2 is 1.89 bits per heavy atom. The predicted octanol–water partition coefficient (Wildman–Crippen LogP) is 3.03. The molecule has 0 heterocycles. The lowest BCUT2D eigenvalue weighted by atomic mass is 9.97. The Kier molecular flexibility index (Phi) is 7.53. The van der Waals surface area contributed by atoms with Crippen molar-refractivity contribution in [2.75, 3.05) is 20.8 Å². The van der Waals surface area contributed by atoms with Crippen LogP contribution in [0.3, 0.4) is 0 Å². The van der Waals surface area contributed by atoms with Crippen LogP contribution in [-0.4, -0.2) is 32.9 Å². The zero-order chi connectivity index (χ0) is 14.1. The summed E-state index contributed by atoms with van der Waals surface area (Å²) in [6.07, 6.45) is 3.38. The SMILES string of the molecule is CCCC(OC)C(Cc1ccccc1OC)NCC. The molecule has 3 nitrogen and oxygen atoms in total. The lowest BCUT2D eigenvalue weighted by Crippen LogP contribution is -2.42. The van der Waals surface area contributed by atoms with Crippen LogP contribution in [-0.2, 0) is 11.2 Å². The molecule has 1 aromatic carbocycles. The smallest absolute Gasteiger partial charge is 0.122 e. The molecular formula is C16H27NO2. The standard InChI is InChI=1S/C16H27NO2/c1-5-9-16(19-4)14(17-6-2)12-13-10-7-8-11-15(13)18-3/h7-8,10-11,14,16-17H,5-6,9,12H2,1-4H3. The molecule has 19 heavy (non-hydrogen) atoms. The largest absolute Gasteiger partial charge is 0.496 e. The maximum Gasteiger partial charge on any atom is 0.122 e. The van der Waals surface area contributed by atoms with Gasteiger partial charge >= 0.3 is 0 Å². The normalized spacial score (nSPS) is 14.1. The van der Waals surface area contributed by atoms with E-state index in [2.05, 4.69) is 31.3 Å². The minimum absolute atomic E-state index is 0.245. The first-order valence-electron chi connectivity index (χ1n) is 7.14. The van der Waals surface area contributed by atoms with Crippen LogP contribution in [0.25, 0.3) is 0 Å². The van der Waals surface area contributed by atoms with Crippen LogP contribution >= 0.6 is 0 Å². The molecule has 1 rings (SSSR count). The number of nitrogens with one attached hydrogen (secondary N) is 1. The van der Waals surface area contributed by atoms with E-state index >= 15 is 0 Å². The van der Waals surface area contributed by atoms with Gasteiger partial charge in [-0.15, -0.1) is 0 Å². The van der Waals surface area contributed by atoms with E-state index in [0.717, 1.165) is 31.6 Å². The summed E-state index contributed by atoms with van der Waals surface area (Å²) >= 11 is 0. The first-order valence-corrected chi connectivity index (χ1v) is 7.14. The molecule has 0 amide bonds. The van der Waals surface area contributed by atoms with Crippen LogP contribution in [0.4, 0.5) is 0 Å². The quantitative estimate of drug-likeness (QED) is 0.744. The number of methoxy groups -OCH3 is 2. The summed E-state index contributed by atoms with van der Waals surface area (Å²) in [6.45, 7) is 5.27.